The third kappa shape index (κ3) is 7.09. The molecule has 1 saturated heterocycles. The first-order valence-electron chi connectivity index (χ1n) is 10.2. The number of hydrogen-bond donors (Lipinski definition) is 2. The van der Waals surface area contributed by atoms with Crippen LogP contribution in [0.3, 0.4) is 0 Å². The molecular formula is C22H27N3O4S2. The summed E-state index contributed by atoms with van der Waals surface area (Å²) < 4.78 is 22.6. The predicted molar refractivity (Wildman–Crippen MR) is 122 cm³/mol. The monoisotopic (exact) mass is 461 g/mol. The molecule has 31 heavy (non-hydrogen) atoms. The number of hydrogen-bond acceptors (Lipinski definition) is 5. The van der Waals surface area contributed by atoms with Gasteiger partial charge in [0.1, 0.15) is 0 Å². The highest BCUT2D eigenvalue weighted by Crippen LogP contribution is 2.22. The van der Waals surface area contributed by atoms with Crippen molar-refractivity contribution in [1.29, 1.82) is 0 Å². The molecule has 3 N–H and O–H groups in total. The van der Waals surface area contributed by atoms with E-state index in [1.165, 1.54) is 29.2 Å². The molecule has 0 spiro atoms. The number of carbonyl (C=O) groups is 2. The molecule has 0 saturated carbocycles. The molecule has 0 aliphatic carbocycles. The topological polar surface area (TPSA) is 110 Å². The van der Waals surface area contributed by atoms with Crippen molar-refractivity contribution in [3.63, 3.8) is 0 Å². The Balaban J connectivity index is 1.38. The molecule has 1 aliphatic heterocycles. The molecule has 9 heteroatoms. The van der Waals surface area contributed by atoms with Crippen LogP contribution in [-0.4, -0.2) is 44.0 Å². The third-order valence-electron chi connectivity index (χ3n) is 5.22. The molecule has 1 aliphatic rings. The van der Waals surface area contributed by atoms with Crippen LogP contribution in [0, 0.1) is 5.92 Å². The van der Waals surface area contributed by atoms with E-state index >= 15 is 0 Å². The van der Waals surface area contributed by atoms with Crippen molar-refractivity contribution in [1.82, 2.24) is 4.90 Å². The highest BCUT2D eigenvalue weighted by Gasteiger charge is 2.27. The Kier molecular flexibility index (Phi) is 8.11. The fraction of sp³-hybridized carbons (Fsp3) is 0.364. The Labute approximate surface area is 187 Å². The standard InChI is InChI=1S/C22H27N3O4S2/c23-31(28,29)20-10-8-18(9-11-20)24-22(27)17-12-14-25(15-13-17)21(26)7-4-16-30-19-5-2-1-3-6-19/h1-3,5-6,8-11,17H,4,7,12-16H2,(H,24,27)(H2,23,28,29). The predicted octanol–water partition coefficient (Wildman–Crippen LogP) is 3.08. The number of benzene rings is 2. The highest BCUT2D eigenvalue weighted by molar-refractivity contribution is 7.99. The number of nitrogens with zero attached hydrogens (tertiary/aromatic N) is 1. The lowest BCUT2D eigenvalue weighted by molar-refractivity contribution is -0.134. The lowest BCUT2D eigenvalue weighted by Crippen LogP contribution is -2.41. The molecular weight excluding hydrogens is 434 g/mol. The molecule has 1 fully saturated rings. The third-order valence-corrected chi connectivity index (χ3v) is 7.24. The Morgan fingerprint density at radius 1 is 1.03 bits per heavy atom. The van der Waals surface area contributed by atoms with Gasteiger partial charge in [-0.2, -0.15) is 0 Å². The van der Waals surface area contributed by atoms with Gasteiger partial charge in [0.25, 0.3) is 0 Å². The second-order valence-electron chi connectivity index (χ2n) is 7.48. The summed E-state index contributed by atoms with van der Waals surface area (Å²) in [6.45, 7) is 1.15. The number of primary sulfonamides is 1. The van der Waals surface area contributed by atoms with Crippen molar-refractivity contribution < 1.29 is 18.0 Å². The zero-order valence-corrected chi connectivity index (χ0v) is 18.8. The summed E-state index contributed by atoms with van der Waals surface area (Å²) in [4.78, 5) is 28.0. The van der Waals surface area contributed by atoms with E-state index in [1.807, 2.05) is 23.1 Å². The van der Waals surface area contributed by atoms with Crippen LogP contribution < -0.4 is 10.5 Å². The van der Waals surface area contributed by atoms with Gasteiger partial charge >= 0.3 is 0 Å². The SMILES string of the molecule is NS(=O)(=O)c1ccc(NC(=O)C2CCN(C(=O)CCCSc3ccccc3)CC2)cc1. The first-order valence-corrected chi connectivity index (χ1v) is 12.8. The summed E-state index contributed by atoms with van der Waals surface area (Å²) in [6, 6.07) is 15.9. The van der Waals surface area contributed by atoms with E-state index in [1.54, 1.807) is 11.8 Å². The van der Waals surface area contributed by atoms with Gasteiger partial charge in [0.2, 0.25) is 21.8 Å². The molecule has 1 heterocycles. The van der Waals surface area contributed by atoms with Gasteiger partial charge in [-0.1, -0.05) is 18.2 Å². The number of sulfonamides is 1. The van der Waals surface area contributed by atoms with Crippen LogP contribution >= 0.6 is 11.8 Å². The minimum absolute atomic E-state index is 0.000474. The largest absolute Gasteiger partial charge is 0.343 e. The summed E-state index contributed by atoms with van der Waals surface area (Å²) in [6.07, 6.45) is 2.58. The van der Waals surface area contributed by atoms with Crippen LogP contribution in [0.1, 0.15) is 25.7 Å². The van der Waals surface area contributed by atoms with Gasteiger partial charge in [-0.15, -0.1) is 11.8 Å². The summed E-state index contributed by atoms with van der Waals surface area (Å²) in [5.41, 5.74) is 0.520. The molecule has 2 aromatic carbocycles. The molecule has 2 aromatic rings. The molecule has 2 amide bonds. The molecule has 0 bridgehead atoms. The Hall–Kier alpha value is -2.36. The number of thioether (sulfide) groups is 1. The number of likely N-dealkylation sites (tertiary alicyclic amines) is 1. The van der Waals surface area contributed by atoms with Gasteiger partial charge in [-0.3, -0.25) is 9.59 Å². The van der Waals surface area contributed by atoms with E-state index in [-0.39, 0.29) is 22.6 Å². The average molecular weight is 462 g/mol. The maximum atomic E-state index is 12.5. The van der Waals surface area contributed by atoms with Gasteiger partial charge in [0.05, 0.1) is 4.90 Å². The van der Waals surface area contributed by atoms with Crippen LogP contribution in [0.15, 0.2) is 64.4 Å². The Morgan fingerprint density at radius 2 is 1.68 bits per heavy atom. The highest BCUT2D eigenvalue weighted by atomic mass is 32.2. The molecule has 0 unspecified atom stereocenters. The second-order valence-corrected chi connectivity index (χ2v) is 10.2. The first kappa shape index (κ1) is 23.3. The molecule has 166 valence electrons. The molecule has 0 atom stereocenters. The van der Waals surface area contributed by atoms with Crippen molar-refractivity contribution in [3.8, 4) is 0 Å². The fourth-order valence-corrected chi connectivity index (χ4v) is 4.84. The van der Waals surface area contributed by atoms with E-state index in [4.69, 9.17) is 5.14 Å². The molecule has 0 aromatic heterocycles. The maximum absolute atomic E-state index is 12.5. The minimum atomic E-state index is -3.76. The number of nitrogens with one attached hydrogen (secondary N) is 1. The number of rotatable bonds is 8. The van der Waals surface area contributed by atoms with Crippen molar-refractivity contribution >= 4 is 39.3 Å². The van der Waals surface area contributed by atoms with Crippen molar-refractivity contribution in [2.75, 3.05) is 24.2 Å². The van der Waals surface area contributed by atoms with Crippen LogP contribution in [-0.2, 0) is 19.6 Å². The lowest BCUT2D eigenvalue weighted by Gasteiger charge is -2.31. The van der Waals surface area contributed by atoms with Gasteiger partial charge in [-0.25, -0.2) is 13.6 Å². The van der Waals surface area contributed by atoms with E-state index in [0.29, 0.717) is 38.0 Å². The van der Waals surface area contributed by atoms with Crippen LogP contribution in [0.5, 0.6) is 0 Å². The summed E-state index contributed by atoms with van der Waals surface area (Å²) in [5.74, 6) is 0.759. The second kappa shape index (κ2) is 10.8. The normalized spacial score (nSPS) is 14.9. The number of anilines is 1. The fourth-order valence-electron chi connectivity index (χ4n) is 3.45. The Bertz CT molecular complexity index is 987. The number of carbonyl (C=O) groups excluding carboxylic acids is 2. The smallest absolute Gasteiger partial charge is 0.238 e. The molecule has 3 rings (SSSR count). The molecule has 0 radical (unpaired) electrons. The molecule has 7 nitrogen and oxygen atoms in total. The number of nitrogens with two attached hydrogens (primary N) is 1. The zero-order chi connectivity index (χ0) is 22.3. The zero-order valence-electron chi connectivity index (χ0n) is 17.2. The maximum Gasteiger partial charge on any atom is 0.238 e. The van der Waals surface area contributed by atoms with Gasteiger partial charge < -0.3 is 10.2 Å². The van der Waals surface area contributed by atoms with Crippen LogP contribution in [0.2, 0.25) is 0 Å². The van der Waals surface area contributed by atoms with E-state index in [2.05, 4.69) is 17.4 Å². The van der Waals surface area contributed by atoms with E-state index in [9.17, 15) is 18.0 Å². The van der Waals surface area contributed by atoms with Gasteiger partial charge in [0.15, 0.2) is 0 Å². The Morgan fingerprint density at radius 3 is 2.29 bits per heavy atom. The minimum Gasteiger partial charge on any atom is -0.343 e. The van der Waals surface area contributed by atoms with Gasteiger partial charge in [0, 0.05) is 36.0 Å². The van der Waals surface area contributed by atoms with E-state index in [0.717, 1.165) is 12.2 Å². The summed E-state index contributed by atoms with van der Waals surface area (Å²) >= 11 is 1.75. The van der Waals surface area contributed by atoms with Crippen molar-refractivity contribution in [2.24, 2.45) is 11.1 Å². The van der Waals surface area contributed by atoms with Crippen LogP contribution in [0.25, 0.3) is 0 Å². The number of amides is 2. The quantitative estimate of drug-likeness (QED) is 0.464. The van der Waals surface area contributed by atoms with Crippen molar-refractivity contribution in [2.45, 2.75) is 35.5 Å². The van der Waals surface area contributed by atoms with Crippen molar-refractivity contribution in [3.05, 3.63) is 54.6 Å². The summed E-state index contributed by atoms with van der Waals surface area (Å²) in [7, 11) is -3.76. The van der Waals surface area contributed by atoms with Gasteiger partial charge in [-0.05, 0) is 61.4 Å². The van der Waals surface area contributed by atoms with E-state index < -0.39 is 10.0 Å². The number of piperidine rings is 1. The van der Waals surface area contributed by atoms with Crippen LogP contribution in [0.4, 0.5) is 5.69 Å². The average Bonchev–Trinajstić information content (AvgIpc) is 2.77. The summed E-state index contributed by atoms with van der Waals surface area (Å²) in [5, 5.41) is 7.89. The first-order chi connectivity index (χ1) is 14.8. The lowest BCUT2D eigenvalue weighted by atomic mass is 9.95.